The minimum absolute atomic E-state index is 0.478. The Morgan fingerprint density at radius 3 is 2.44 bits per heavy atom. The lowest BCUT2D eigenvalue weighted by Crippen LogP contribution is -2.10. The first-order valence-corrected chi connectivity index (χ1v) is 3.93. The van der Waals surface area contributed by atoms with Gasteiger partial charge in [-0.1, -0.05) is 15.9 Å². The number of carbonyl (C=O) groups excluding carboxylic acids is 2. The molecule has 0 aromatic carbocycles. The fourth-order valence-electron chi connectivity index (χ4n) is 0.353. The van der Waals surface area contributed by atoms with Crippen LogP contribution in [0.3, 0.4) is 0 Å². The van der Waals surface area contributed by atoms with Crippen LogP contribution in [0, 0.1) is 5.92 Å². The van der Waals surface area contributed by atoms with Gasteiger partial charge in [0, 0.05) is 5.33 Å². The van der Waals surface area contributed by atoms with Gasteiger partial charge in [0.2, 0.25) is 5.24 Å². The van der Waals surface area contributed by atoms with Crippen molar-refractivity contribution in [2.75, 3.05) is 5.33 Å². The summed E-state index contributed by atoms with van der Waals surface area (Å²) in [6.07, 6.45) is 1.04. The van der Waals surface area contributed by atoms with Crippen LogP contribution < -0.4 is 0 Å². The Labute approximate surface area is 66.7 Å². The molecule has 52 valence electrons. The highest BCUT2D eigenvalue weighted by atomic mass is 79.9. The highest BCUT2D eigenvalue weighted by molar-refractivity contribution is 9.09. The largest absolute Gasteiger partial charge is 0.303 e. The fourth-order valence-corrected chi connectivity index (χ4v) is 1.01. The quantitative estimate of drug-likeness (QED) is 0.306. The second kappa shape index (κ2) is 4.94. The molecule has 0 heterocycles. The number of hydrogen-bond acceptors (Lipinski definition) is 2. The number of aldehydes is 1. The summed E-state index contributed by atoms with van der Waals surface area (Å²) in [7, 11) is 0. The summed E-state index contributed by atoms with van der Waals surface area (Å²) < 4.78 is 0. The standard InChI is InChI=1S/C5H6BrClO2/c6-2-1-4(3-8)5(7)9/h3-4H,1-2H2. The molecule has 1 unspecified atom stereocenters. The molecule has 1 atom stereocenters. The van der Waals surface area contributed by atoms with Crippen molar-refractivity contribution in [2.24, 2.45) is 5.92 Å². The van der Waals surface area contributed by atoms with Crippen LogP contribution in [0.25, 0.3) is 0 Å². The summed E-state index contributed by atoms with van der Waals surface area (Å²) in [5, 5.41) is 0.0407. The molecule has 0 aliphatic carbocycles. The van der Waals surface area contributed by atoms with E-state index in [-0.39, 0.29) is 0 Å². The highest BCUT2D eigenvalue weighted by Crippen LogP contribution is 2.05. The molecular weight excluding hydrogens is 207 g/mol. The van der Waals surface area contributed by atoms with Gasteiger partial charge in [0.15, 0.2) is 0 Å². The maximum Gasteiger partial charge on any atom is 0.231 e. The van der Waals surface area contributed by atoms with E-state index in [9.17, 15) is 9.59 Å². The topological polar surface area (TPSA) is 34.1 Å². The van der Waals surface area contributed by atoms with Gasteiger partial charge < -0.3 is 4.79 Å². The predicted molar refractivity (Wildman–Crippen MR) is 38.8 cm³/mol. The third-order valence-corrected chi connectivity index (χ3v) is 1.61. The lowest BCUT2D eigenvalue weighted by atomic mass is 10.1. The molecule has 2 nitrogen and oxygen atoms in total. The van der Waals surface area contributed by atoms with E-state index >= 15 is 0 Å². The van der Waals surface area contributed by atoms with Crippen molar-refractivity contribution in [3.8, 4) is 0 Å². The molecule has 0 saturated heterocycles. The van der Waals surface area contributed by atoms with Gasteiger partial charge in [-0.3, -0.25) is 4.79 Å². The van der Waals surface area contributed by atoms with Gasteiger partial charge >= 0.3 is 0 Å². The SMILES string of the molecule is O=CC(CCBr)C(=O)Cl. The van der Waals surface area contributed by atoms with Crippen LogP contribution in [-0.4, -0.2) is 16.9 Å². The van der Waals surface area contributed by atoms with Crippen molar-refractivity contribution >= 4 is 39.1 Å². The fraction of sp³-hybridized carbons (Fsp3) is 0.600. The molecule has 0 aliphatic heterocycles. The minimum Gasteiger partial charge on any atom is -0.303 e. The molecule has 0 aromatic heterocycles. The Morgan fingerprint density at radius 2 is 2.33 bits per heavy atom. The summed E-state index contributed by atoms with van der Waals surface area (Å²) in [5.74, 6) is -0.633. The maximum atomic E-state index is 10.3. The molecule has 9 heavy (non-hydrogen) atoms. The average Bonchev–Trinajstić information content (AvgIpc) is 1.82. The van der Waals surface area contributed by atoms with Crippen LogP contribution in [0.15, 0.2) is 0 Å². The summed E-state index contributed by atoms with van der Waals surface area (Å²) >= 11 is 8.12. The molecule has 0 radical (unpaired) electrons. The first kappa shape index (κ1) is 9.11. The van der Waals surface area contributed by atoms with Gasteiger partial charge in [-0.15, -0.1) is 0 Å². The van der Waals surface area contributed by atoms with Crippen molar-refractivity contribution in [1.82, 2.24) is 0 Å². The van der Waals surface area contributed by atoms with Crippen LogP contribution in [0.5, 0.6) is 0 Å². The molecule has 0 fully saturated rings. The van der Waals surface area contributed by atoms with Crippen LogP contribution in [0.2, 0.25) is 0 Å². The lowest BCUT2D eigenvalue weighted by molar-refractivity contribution is -0.121. The van der Waals surface area contributed by atoms with E-state index < -0.39 is 11.2 Å². The minimum atomic E-state index is -0.633. The van der Waals surface area contributed by atoms with Crippen LogP contribution in [-0.2, 0) is 9.59 Å². The monoisotopic (exact) mass is 212 g/mol. The lowest BCUT2D eigenvalue weighted by Gasteiger charge is -1.97. The highest BCUT2D eigenvalue weighted by Gasteiger charge is 2.12. The van der Waals surface area contributed by atoms with Crippen LogP contribution in [0.4, 0.5) is 0 Å². The summed E-state index contributed by atoms with van der Waals surface area (Å²) in [6, 6.07) is 0. The van der Waals surface area contributed by atoms with Crippen LogP contribution in [0.1, 0.15) is 6.42 Å². The molecule has 0 bridgehead atoms. The normalized spacial score (nSPS) is 12.7. The first-order valence-electron chi connectivity index (χ1n) is 2.43. The number of alkyl halides is 1. The van der Waals surface area contributed by atoms with E-state index in [0.29, 0.717) is 18.0 Å². The zero-order valence-corrected chi connectivity index (χ0v) is 6.98. The third-order valence-electron chi connectivity index (χ3n) is 0.876. The Kier molecular flexibility index (Phi) is 5.00. The predicted octanol–water partition coefficient (Wildman–Crippen LogP) is 1.35. The Hall–Kier alpha value is 0.110. The molecule has 0 N–H and O–H groups in total. The van der Waals surface area contributed by atoms with Gasteiger partial charge in [0.25, 0.3) is 0 Å². The Bertz CT molecular complexity index is 116. The molecule has 0 saturated carbocycles. The second-order valence-electron chi connectivity index (χ2n) is 1.52. The van der Waals surface area contributed by atoms with Crippen molar-refractivity contribution in [2.45, 2.75) is 6.42 Å². The van der Waals surface area contributed by atoms with Crippen molar-refractivity contribution < 1.29 is 9.59 Å². The van der Waals surface area contributed by atoms with E-state index in [2.05, 4.69) is 15.9 Å². The van der Waals surface area contributed by atoms with Crippen molar-refractivity contribution in [1.29, 1.82) is 0 Å². The van der Waals surface area contributed by atoms with E-state index in [1.54, 1.807) is 0 Å². The molecular formula is C5H6BrClO2. The molecule has 0 aliphatic rings. The van der Waals surface area contributed by atoms with Gasteiger partial charge in [0.1, 0.15) is 6.29 Å². The van der Waals surface area contributed by atoms with Gasteiger partial charge in [-0.25, -0.2) is 0 Å². The Morgan fingerprint density at radius 1 is 1.78 bits per heavy atom. The van der Waals surface area contributed by atoms with E-state index in [1.165, 1.54) is 0 Å². The Balaban J connectivity index is 3.68. The van der Waals surface area contributed by atoms with Gasteiger partial charge in [-0.2, -0.15) is 0 Å². The van der Waals surface area contributed by atoms with E-state index in [4.69, 9.17) is 11.6 Å². The number of hydrogen-bond donors (Lipinski definition) is 0. The summed E-state index contributed by atoms with van der Waals surface area (Å²) in [4.78, 5) is 20.3. The molecule has 4 heteroatoms. The second-order valence-corrected chi connectivity index (χ2v) is 2.69. The molecule has 0 amide bonds. The average molecular weight is 213 g/mol. The number of carbonyl (C=O) groups is 2. The summed E-state index contributed by atoms with van der Waals surface area (Å²) in [6.45, 7) is 0. The van der Waals surface area contributed by atoms with E-state index in [1.807, 2.05) is 0 Å². The molecule has 0 aromatic rings. The van der Waals surface area contributed by atoms with Gasteiger partial charge in [-0.05, 0) is 18.0 Å². The first-order chi connectivity index (χ1) is 4.22. The van der Waals surface area contributed by atoms with Crippen molar-refractivity contribution in [3.05, 3.63) is 0 Å². The smallest absolute Gasteiger partial charge is 0.231 e. The molecule has 0 spiro atoms. The van der Waals surface area contributed by atoms with Crippen molar-refractivity contribution in [3.63, 3.8) is 0 Å². The van der Waals surface area contributed by atoms with Crippen LogP contribution >= 0.6 is 27.5 Å². The third kappa shape index (κ3) is 3.65. The zero-order valence-electron chi connectivity index (χ0n) is 4.64. The van der Waals surface area contributed by atoms with E-state index in [0.717, 1.165) is 0 Å². The number of rotatable bonds is 4. The zero-order chi connectivity index (χ0) is 7.28. The molecule has 0 rings (SSSR count). The number of halogens is 2. The van der Waals surface area contributed by atoms with Gasteiger partial charge in [0.05, 0.1) is 5.92 Å². The summed E-state index contributed by atoms with van der Waals surface area (Å²) in [5.41, 5.74) is 0. The maximum absolute atomic E-state index is 10.3.